The molecule has 11 nitrogen and oxygen atoms in total. The molecule has 11 heteroatoms. The van der Waals surface area contributed by atoms with Crippen LogP contribution >= 0.6 is 0 Å². The Kier molecular flexibility index (Phi) is 4.60. The van der Waals surface area contributed by atoms with Gasteiger partial charge in [-0.3, -0.25) is 15.0 Å². The summed E-state index contributed by atoms with van der Waals surface area (Å²) in [5.41, 5.74) is 3.20. The molecule has 2 aromatic rings. The highest BCUT2D eigenvalue weighted by Gasteiger charge is 2.29. The van der Waals surface area contributed by atoms with Gasteiger partial charge in [0.25, 0.3) is 0 Å². The van der Waals surface area contributed by atoms with E-state index in [0.29, 0.717) is 13.1 Å². The monoisotopic (exact) mass is 373 g/mol. The van der Waals surface area contributed by atoms with Crippen molar-refractivity contribution >= 4 is 17.3 Å². The predicted molar refractivity (Wildman–Crippen MR) is 96.6 cm³/mol. The third-order valence-electron chi connectivity index (χ3n) is 4.64. The molecule has 3 N–H and O–H groups in total. The molecule has 4 rings (SSSR count). The fourth-order valence-electron chi connectivity index (χ4n) is 3.29. The normalized spacial score (nSPS) is 16.4. The molecular weight excluding hydrogens is 354 g/mol. The molecule has 3 heterocycles. The van der Waals surface area contributed by atoms with Crippen molar-refractivity contribution in [3.05, 3.63) is 40.2 Å². The standard InChI is InChI=1S/C16H19N7O4/c17-20-15-14(23(24)25)16(19-9-18-15)22-5-3-21(4-6-22)8-11-1-2-12-13(7-11)27-10-26-12/h1-2,7,9H,3-6,8,10,17H2,(H,18,19,20). The number of rotatable bonds is 5. The molecule has 0 radical (unpaired) electrons. The second-order valence-electron chi connectivity index (χ2n) is 6.25. The average molecular weight is 373 g/mol. The minimum Gasteiger partial charge on any atom is -0.454 e. The molecule has 0 amide bonds. The second-order valence-corrected chi connectivity index (χ2v) is 6.25. The quantitative estimate of drug-likeness (QED) is 0.439. The summed E-state index contributed by atoms with van der Waals surface area (Å²) in [6.45, 7) is 3.77. The summed E-state index contributed by atoms with van der Waals surface area (Å²) in [6.07, 6.45) is 1.27. The minimum atomic E-state index is -0.510. The number of hydrogen-bond acceptors (Lipinski definition) is 10. The number of hydrazine groups is 1. The van der Waals surface area contributed by atoms with Crippen LogP contribution in [0.15, 0.2) is 24.5 Å². The summed E-state index contributed by atoms with van der Waals surface area (Å²) in [7, 11) is 0. The van der Waals surface area contributed by atoms with Crippen LogP contribution in [0.25, 0.3) is 0 Å². The first-order chi connectivity index (χ1) is 13.2. The molecule has 2 aliphatic rings. The number of nitrogens with one attached hydrogen (secondary N) is 1. The van der Waals surface area contributed by atoms with Gasteiger partial charge in [0.2, 0.25) is 18.4 Å². The molecule has 142 valence electrons. The molecule has 27 heavy (non-hydrogen) atoms. The van der Waals surface area contributed by atoms with Gasteiger partial charge in [0, 0.05) is 32.7 Å². The molecule has 0 bridgehead atoms. The highest BCUT2D eigenvalue weighted by Crippen LogP contribution is 2.34. The van der Waals surface area contributed by atoms with Gasteiger partial charge in [0.1, 0.15) is 6.33 Å². The van der Waals surface area contributed by atoms with E-state index in [0.717, 1.165) is 36.7 Å². The summed E-state index contributed by atoms with van der Waals surface area (Å²) < 4.78 is 10.7. The number of anilines is 2. The first-order valence-corrected chi connectivity index (χ1v) is 8.47. The average Bonchev–Trinajstić information content (AvgIpc) is 3.15. The van der Waals surface area contributed by atoms with Crippen molar-refractivity contribution in [3.63, 3.8) is 0 Å². The molecule has 1 fully saturated rings. The molecule has 1 aromatic carbocycles. The maximum Gasteiger partial charge on any atom is 0.354 e. The maximum absolute atomic E-state index is 11.4. The first kappa shape index (κ1) is 17.2. The fraction of sp³-hybridized carbons (Fsp3) is 0.375. The Morgan fingerprint density at radius 3 is 2.70 bits per heavy atom. The molecule has 2 aliphatic heterocycles. The van der Waals surface area contributed by atoms with Gasteiger partial charge in [-0.05, 0) is 17.7 Å². The van der Waals surface area contributed by atoms with E-state index in [1.807, 2.05) is 23.1 Å². The minimum absolute atomic E-state index is 0.00721. The molecular formula is C16H19N7O4. The number of nitro groups is 1. The fourth-order valence-corrected chi connectivity index (χ4v) is 3.29. The van der Waals surface area contributed by atoms with Crippen LogP contribution in [0.3, 0.4) is 0 Å². The summed E-state index contributed by atoms with van der Waals surface area (Å²) in [5.74, 6) is 7.17. The van der Waals surface area contributed by atoms with Crippen LogP contribution < -0.4 is 25.6 Å². The first-order valence-electron chi connectivity index (χ1n) is 8.47. The summed E-state index contributed by atoms with van der Waals surface area (Å²) >= 11 is 0. The SMILES string of the molecule is NNc1ncnc(N2CCN(Cc3ccc4c(c3)OCO4)CC2)c1[N+](=O)[O-]. The van der Waals surface area contributed by atoms with E-state index in [4.69, 9.17) is 15.3 Å². The number of hydrogen-bond donors (Lipinski definition) is 2. The van der Waals surface area contributed by atoms with Gasteiger partial charge < -0.3 is 19.8 Å². The molecule has 1 aromatic heterocycles. The highest BCUT2D eigenvalue weighted by atomic mass is 16.7. The van der Waals surface area contributed by atoms with E-state index in [2.05, 4.69) is 20.3 Å². The lowest BCUT2D eigenvalue weighted by atomic mass is 10.1. The Balaban J connectivity index is 1.43. The highest BCUT2D eigenvalue weighted by molar-refractivity contribution is 5.70. The Morgan fingerprint density at radius 1 is 1.19 bits per heavy atom. The Morgan fingerprint density at radius 2 is 1.96 bits per heavy atom. The molecule has 0 saturated carbocycles. The van der Waals surface area contributed by atoms with Crippen LogP contribution in [-0.2, 0) is 6.54 Å². The summed E-state index contributed by atoms with van der Waals surface area (Å²) in [5, 5.41) is 11.4. The van der Waals surface area contributed by atoms with Crippen molar-refractivity contribution in [3.8, 4) is 11.5 Å². The molecule has 0 atom stereocenters. The van der Waals surface area contributed by atoms with Gasteiger partial charge in [-0.2, -0.15) is 0 Å². The number of nitrogens with two attached hydrogens (primary N) is 1. The van der Waals surface area contributed by atoms with Crippen molar-refractivity contribution in [2.24, 2.45) is 5.84 Å². The van der Waals surface area contributed by atoms with Crippen LogP contribution in [0.4, 0.5) is 17.3 Å². The number of fused-ring (bicyclic) bond motifs is 1. The Labute approximate surface area is 154 Å². The van der Waals surface area contributed by atoms with Gasteiger partial charge in [0.15, 0.2) is 11.5 Å². The van der Waals surface area contributed by atoms with E-state index in [-0.39, 0.29) is 24.1 Å². The number of benzene rings is 1. The lowest BCUT2D eigenvalue weighted by Crippen LogP contribution is -2.46. The van der Waals surface area contributed by atoms with Gasteiger partial charge in [0.05, 0.1) is 4.92 Å². The van der Waals surface area contributed by atoms with Gasteiger partial charge in [-0.15, -0.1) is 0 Å². The lowest BCUT2D eigenvalue weighted by Gasteiger charge is -2.35. The summed E-state index contributed by atoms with van der Waals surface area (Å²) in [6, 6.07) is 5.93. The van der Waals surface area contributed by atoms with Crippen LogP contribution in [0.1, 0.15) is 5.56 Å². The van der Waals surface area contributed by atoms with Crippen LogP contribution in [-0.4, -0.2) is 52.8 Å². The van der Waals surface area contributed by atoms with Crippen LogP contribution in [0.2, 0.25) is 0 Å². The van der Waals surface area contributed by atoms with Crippen molar-refractivity contribution in [2.75, 3.05) is 43.3 Å². The number of aromatic nitrogens is 2. The zero-order chi connectivity index (χ0) is 18.8. The van der Waals surface area contributed by atoms with Crippen molar-refractivity contribution in [1.82, 2.24) is 14.9 Å². The van der Waals surface area contributed by atoms with Crippen molar-refractivity contribution in [1.29, 1.82) is 0 Å². The summed E-state index contributed by atoms with van der Waals surface area (Å²) in [4.78, 5) is 23.0. The number of piperazine rings is 1. The molecule has 0 spiro atoms. The lowest BCUT2D eigenvalue weighted by molar-refractivity contribution is -0.383. The second kappa shape index (κ2) is 7.21. The number of nitrogens with zero attached hydrogens (tertiary/aromatic N) is 5. The Bertz CT molecular complexity index is 855. The van der Waals surface area contributed by atoms with Gasteiger partial charge in [-0.1, -0.05) is 6.07 Å². The van der Waals surface area contributed by atoms with Crippen LogP contribution in [0.5, 0.6) is 11.5 Å². The Hall–Kier alpha value is -3.18. The van der Waals surface area contributed by atoms with E-state index < -0.39 is 4.92 Å². The predicted octanol–water partition coefficient (Wildman–Crippen LogP) is 0.721. The van der Waals surface area contributed by atoms with Crippen molar-refractivity contribution in [2.45, 2.75) is 6.54 Å². The van der Waals surface area contributed by atoms with E-state index in [9.17, 15) is 10.1 Å². The topological polar surface area (TPSA) is 132 Å². The molecule has 0 aliphatic carbocycles. The van der Waals surface area contributed by atoms with Crippen molar-refractivity contribution < 1.29 is 14.4 Å². The largest absolute Gasteiger partial charge is 0.454 e. The van der Waals surface area contributed by atoms with E-state index in [1.165, 1.54) is 6.33 Å². The number of ether oxygens (including phenoxy) is 2. The van der Waals surface area contributed by atoms with Gasteiger partial charge >= 0.3 is 5.69 Å². The third-order valence-corrected chi connectivity index (χ3v) is 4.64. The third kappa shape index (κ3) is 3.41. The smallest absolute Gasteiger partial charge is 0.354 e. The van der Waals surface area contributed by atoms with Gasteiger partial charge in [-0.25, -0.2) is 15.8 Å². The zero-order valence-electron chi connectivity index (χ0n) is 14.5. The maximum atomic E-state index is 11.4. The molecule has 1 saturated heterocycles. The molecule has 0 unspecified atom stereocenters. The van der Waals surface area contributed by atoms with Crippen LogP contribution in [0, 0.1) is 10.1 Å². The number of nitrogen functional groups attached to an aromatic ring is 1. The van der Waals surface area contributed by atoms with E-state index >= 15 is 0 Å². The zero-order valence-corrected chi connectivity index (χ0v) is 14.5. The van der Waals surface area contributed by atoms with E-state index in [1.54, 1.807) is 0 Å².